The number of nitrogens with one attached hydrogen (secondary N) is 1. The number of aromatic nitrogens is 2. The average Bonchev–Trinajstić information content (AvgIpc) is 2.82. The van der Waals surface area contributed by atoms with Crippen LogP contribution in [0.5, 0.6) is 0 Å². The van der Waals surface area contributed by atoms with Crippen molar-refractivity contribution >= 4 is 34.4 Å². The van der Waals surface area contributed by atoms with Gasteiger partial charge in [0.15, 0.2) is 0 Å². The summed E-state index contributed by atoms with van der Waals surface area (Å²) >= 11 is 6.56. The molecule has 6 heteroatoms. The normalized spacial score (nSPS) is 11.2. The van der Waals surface area contributed by atoms with E-state index in [0.29, 0.717) is 4.99 Å². The third kappa shape index (κ3) is 2.83. The number of nitrogens with zero attached hydrogens (tertiary/aromatic N) is 2. The number of rotatable bonds is 4. The van der Waals surface area contributed by atoms with Crippen molar-refractivity contribution in [3.63, 3.8) is 0 Å². The summed E-state index contributed by atoms with van der Waals surface area (Å²) in [5, 5.41) is 6.30. The second kappa shape index (κ2) is 4.99. The smallest absolute Gasteiger partial charge is 0.127 e. The maximum Gasteiger partial charge on any atom is 0.127 e. The van der Waals surface area contributed by atoms with E-state index in [-0.39, 0.29) is 5.54 Å². The standard InChI is InChI=1S/C12H14N4S2/c1-12(2,11-15-5-6-18-11)16-9-7-8(10(13)17)3-4-14-9/h3-7H,1-2H3,(H2,13,17)(H,14,16). The lowest BCUT2D eigenvalue weighted by molar-refractivity contribution is 0.601. The van der Waals surface area contributed by atoms with Crippen molar-refractivity contribution in [1.82, 2.24) is 9.97 Å². The Labute approximate surface area is 115 Å². The predicted octanol–water partition coefficient (Wildman–Crippen LogP) is 2.52. The molecule has 0 fully saturated rings. The molecule has 4 nitrogen and oxygen atoms in total. The fourth-order valence-corrected chi connectivity index (χ4v) is 2.40. The van der Waals surface area contributed by atoms with Crippen LogP contribution in [-0.4, -0.2) is 15.0 Å². The van der Waals surface area contributed by atoms with Crippen LogP contribution >= 0.6 is 23.6 Å². The molecule has 2 aromatic rings. The Bertz CT molecular complexity index is 549. The fraction of sp³-hybridized carbons (Fsp3) is 0.250. The molecule has 0 aliphatic heterocycles. The Morgan fingerprint density at radius 3 is 2.78 bits per heavy atom. The van der Waals surface area contributed by atoms with Gasteiger partial charge in [-0.3, -0.25) is 0 Å². The lowest BCUT2D eigenvalue weighted by Crippen LogP contribution is -2.28. The minimum absolute atomic E-state index is 0.282. The van der Waals surface area contributed by atoms with Gasteiger partial charge in [-0.1, -0.05) is 12.2 Å². The van der Waals surface area contributed by atoms with Gasteiger partial charge in [0.25, 0.3) is 0 Å². The fourth-order valence-electron chi connectivity index (χ4n) is 1.56. The van der Waals surface area contributed by atoms with E-state index in [2.05, 4.69) is 29.1 Å². The number of pyridine rings is 1. The van der Waals surface area contributed by atoms with Crippen LogP contribution in [0.25, 0.3) is 0 Å². The molecule has 0 aliphatic rings. The molecule has 0 spiro atoms. The molecule has 0 saturated heterocycles. The van der Waals surface area contributed by atoms with Crippen LogP contribution < -0.4 is 11.1 Å². The van der Waals surface area contributed by atoms with Gasteiger partial charge in [0.1, 0.15) is 15.8 Å². The molecule has 0 aromatic carbocycles. The minimum Gasteiger partial charge on any atom is -0.389 e. The zero-order valence-corrected chi connectivity index (χ0v) is 11.8. The van der Waals surface area contributed by atoms with Gasteiger partial charge in [-0.25, -0.2) is 9.97 Å². The number of nitrogens with two attached hydrogens (primary N) is 1. The summed E-state index contributed by atoms with van der Waals surface area (Å²) in [6, 6.07) is 3.64. The predicted molar refractivity (Wildman–Crippen MR) is 78.9 cm³/mol. The van der Waals surface area contributed by atoms with Crippen molar-refractivity contribution in [3.8, 4) is 0 Å². The molecule has 0 radical (unpaired) electrons. The van der Waals surface area contributed by atoms with Gasteiger partial charge in [-0.2, -0.15) is 0 Å². The molecular formula is C12H14N4S2. The molecule has 0 amide bonds. The van der Waals surface area contributed by atoms with Crippen LogP contribution in [0.2, 0.25) is 0 Å². The third-order valence-corrected chi connectivity index (χ3v) is 3.78. The van der Waals surface area contributed by atoms with Gasteiger partial charge >= 0.3 is 0 Å². The second-order valence-corrected chi connectivity index (χ2v) is 5.72. The Kier molecular flexibility index (Phi) is 3.58. The number of hydrogen-bond donors (Lipinski definition) is 2. The highest BCUT2D eigenvalue weighted by Crippen LogP contribution is 2.26. The van der Waals surface area contributed by atoms with Crippen molar-refractivity contribution in [1.29, 1.82) is 0 Å². The van der Waals surface area contributed by atoms with Crippen LogP contribution in [0.3, 0.4) is 0 Å². The molecule has 0 aliphatic carbocycles. The zero-order valence-electron chi connectivity index (χ0n) is 10.2. The van der Waals surface area contributed by atoms with Crippen LogP contribution in [0.15, 0.2) is 29.9 Å². The Balaban J connectivity index is 2.24. The summed E-state index contributed by atoms with van der Waals surface area (Å²) in [6.07, 6.45) is 3.48. The molecular weight excluding hydrogens is 264 g/mol. The van der Waals surface area contributed by atoms with Crippen LogP contribution in [0.1, 0.15) is 24.4 Å². The van der Waals surface area contributed by atoms with Crippen molar-refractivity contribution in [2.45, 2.75) is 19.4 Å². The molecule has 18 heavy (non-hydrogen) atoms. The Morgan fingerprint density at radius 2 is 2.17 bits per heavy atom. The van der Waals surface area contributed by atoms with E-state index in [4.69, 9.17) is 18.0 Å². The molecule has 2 rings (SSSR count). The summed E-state index contributed by atoms with van der Waals surface area (Å²) in [5.41, 5.74) is 6.13. The minimum atomic E-state index is -0.282. The van der Waals surface area contributed by atoms with Crippen LogP contribution in [0, 0.1) is 0 Å². The van der Waals surface area contributed by atoms with Crippen LogP contribution in [-0.2, 0) is 5.54 Å². The van der Waals surface area contributed by atoms with Crippen molar-refractivity contribution < 1.29 is 0 Å². The number of thiazole rings is 1. The summed E-state index contributed by atoms with van der Waals surface area (Å²) in [6.45, 7) is 4.11. The first-order chi connectivity index (χ1) is 8.49. The summed E-state index contributed by atoms with van der Waals surface area (Å²) in [4.78, 5) is 8.95. The molecule has 0 saturated carbocycles. The largest absolute Gasteiger partial charge is 0.389 e. The van der Waals surface area contributed by atoms with Crippen molar-refractivity contribution in [2.75, 3.05) is 5.32 Å². The van der Waals surface area contributed by atoms with E-state index in [0.717, 1.165) is 16.4 Å². The molecule has 3 N–H and O–H groups in total. The molecule has 2 aromatic heterocycles. The van der Waals surface area contributed by atoms with Crippen molar-refractivity contribution in [2.24, 2.45) is 5.73 Å². The zero-order chi connectivity index (χ0) is 13.2. The highest BCUT2D eigenvalue weighted by atomic mass is 32.1. The molecule has 0 unspecified atom stereocenters. The highest BCUT2D eigenvalue weighted by Gasteiger charge is 2.23. The van der Waals surface area contributed by atoms with Gasteiger partial charge in [-0.15, -0.1) is 11.3 Å². The van der Waals surface area contributed by atoms with E-state index in [1.165, 1.54) is 0 Å². The van der Waals surface area contributed by atoms with Gasteiger partial charge in [0.2, 0.25) is 0 Å². The SMILES string of the molecule is CC(C)(Nc1cc(C(N)=S)ccn1)c1nccs1. The van der Waals surface area contributed by atoms with E-state index < -0.39 is 0 Å². The van der Waals surface area contributed by atoms with E-state index >= 15 is 0 Å². The Morgan fingerprint density at radius 1 is 1.39 bits per heavy atom. The maximum atomic E-state index is 5.61. The van der Waals surface area contributed by atoms with Crippen molar-refractivity contribution in [3.05, 3.63) is 40.5 Å². The van der Waals surface area contributed by atoms with Gasteiger partial charge < -0.3 is 11.1 Å². The van der Waals surface area contributed by atoms with Gasteiger partial charge in [0, 0.05) is 23.3 Å². The Hall–Kier alpha value is -1.53. The van der Waals surface area contributed by atoms with Gasteiger partial charge in [0.05, 0.1) is 5.54 Å². The van der Waals surface area contributed by atoms with E-state index in [9.17, 15) is 0 Å². The molecule has 94 valence electrons. The first kappa shape index (κ1) is 12.9. The molecule has 2 heterocycles. The summed E-state index contributed by atoms with van der Waals surface area (Å²) < 4.78 is 0. The number of hydrogen-bond acceptors (Lipinski definition) is 5. The summed E-state index contributed by atoms with van der Waals surface area (Å²) in [5.74, 6) is 0.737. The monoisotopic (exact) mass is 278 g/mol. The first-order valence-electron chi connectivity index (χ1n) is 5.43. The average molecular weight is 278 g/mol. The molecule has 0 atom stereocenters. The molecule has 0 bridgehead atoms. The number of thiocarbonyl (C=S) groups is 1. The lowest BCUT2D eigenvalue weighted by Gasteiger charge is -2.24. The topological polar surface area (TPSA) is 63.8 Å². The summed E-state index contributed by atoms with van der Waals surface area (Å²) in [7, 11) is 0. The van der Waals surface area contributed by atoms with E-state index in [1.807, 2.05) is 11.4 Å². The van der Waals surface area contributed by atoms with Crippen LogP contribution in [0.4, 0.5) is 5.82 Å². The van der Waals surface area contributed by atoms with Gasteiger partial charge in [-0.05, 0) is 26.0 Å². The van der Waals surface area contributed by atoms with E-state index in [1.54, 1.807) is 29.8 Å². The first-order valence-corrected chi connectivity index (χ1v) is 6.72. The second-order valence-electron chi connectivity index (χ2n) is 4.38. The number of anilines is 1. The maximum absolute atomic E-state index is 5.61. The third-order valence-electron chi connectivity index (χ3n) is 2.45. The highest BCUT2D eigenvalue weighted by molar-refractivity contribution is 7.80. The lowest BCUT2D eigenvalue weighted by atomic mass is 10.1. The quantitative estimate of drug-likeness (QED) is 0.841.